The van der Waals surface area contributed by atoms with E-state index < -0.39 is 40.7 Å². The molecule has 3 aliphatic heterocycles. The molecule has 6 atom stereocenters. The lowest BCUT2D eigenvalue weighted by atomic mass is 9.66. The molecule has 3 aliphatic rings. The van der Waals surface area contributed by atoms with E-state index >= 15 is 0 Å². The summed E-state index contributed by atoms with van der Waals surface area (Å²) in [7, 11) is 0. The lowest BCUT2D eigenvalue weighted by molar-refractivity contribution is -0.149. The minimum atomic E-state index is -1.21. The number of fused-ring (bicyclic) bond motifs is 1. The van der Waals surface area contributed by atoms with Gasteiger partial charge in [0.15, 0.2) is 0 Å². The van der Waals surface area contributed by atoms with E-state index in [1.807, 2.05) is 58.0 Å². The Morgan fingerprint density at radius 1 is 1.05 bits per heavy atom. The van der Waals surface area contributed by atoms with Crippen LogP contribution in [0, 0.1) is 17.3 Å². The van der Waals surface area contributed by atoms with Crippen molar-refractivity contribution in [1.82, 2.24) is 10.2 Å². The van der Waals surface area contributed by atoms with Crippen LogP contribution in [0.4, 0.5) is 5.69 Å². The van der Waals surface area contributed by atoms with Crippen molar-refractivity contribution in [2.24, 2.45) is 17.3 Å². The Kier molecular flexibility index (Phi) is 8.35. The molecule has 3 heterocycles. The lowest BCUT2D eigenvalue weighted by Gasteiger charge is -2.40. The van der Waals surface area contributed by atoms with E-state index in [4.69, 9.17) is 9.47 Å². The third-order valence-corrected chi connectivity index (χ3v) is 9.31. The molecule has 2 aromatic carbocycles. The van der Waals surface area contributed by atoms with E-state index in [1.165, 1.54) is 4.90 Å². The van der Waals surface area contributed by atoms with Crippen LogP contribution < -0.4 is 15.4 Å². The Labute approximate surface area is 260 Å². The number of rotatable bonds is 10. The van der Waals surface area contributed by atoms with E-state index in [9.17, 15) is 19.5 Å². The van der Waals surface area contributed by atoms with Crippen molar-refractivity contribution < 1.29 is 29.0 Å². The van der Waals surface area contributed by atoms with Gasteiger partial charge < -0.3 is 30.1 Å². The molecule has 3 N–H and O–H groups in total. The maximum atomic E-state index is 14.6. The van der Waals surface area contributed by atoms with Gasteiger partial charge in [-0.1, -0.05) is 51.1 Å². The fourth-order valence-electron chi connectivity index (χ4n) is 8.22. The number of aliphatic hydroxyl groups is 1. The molecule has 2 aromatic rings. The Balaban J connectivity index is 1.53. The van der Waals surface area contributed by atoms with Crippen LogP contribution >= 0.6 is 0 Å². The molecule has 0 aliphatic carbocycles. The van der Waals surface area contributed by atoms with Crippen molar-refractivity contribution in [3.63, 3.8) is 0 Å². The highest BCUT2D eigenvalue weighted by Crippen LogP contribution is 2.64. The van der Waals surface area contributed by atoms with Crippen LogP contribution in [0.1, 0.15) is 79.3 Å². The molecular formula is C35H47N3O6. The second-order valence-electron chi connectivity index (χ2n) is 14.6. The van der Waals surface area contributed by atoms with Crippen molar-refractivity contribution in [3.8, 4) is 5.75 Å². The van der Waals surface area contributed by atoms with Gasteiger partial charge >= 0.3 is 0 Å². The number of carbonyl (C=O) groups excluding carboxylic acids is 3. The topological polar surface area (TPSA) is 117 Å². The van der Waals surface area contributed by atoms with Gasteiger partial charge in [0.2, 0.25) is 17.7 Å². The number of amides is 3. The maximum absolute atomic E-state index is 14.6. The Hall–Kier alpha value is -3.43. The van der Waals surface area contributed by atoms with Crippen LogP contribution in [0.2, 0.25) is 0 Å². The van der Waals surface area contributed by atoms with Crippen LogP contribution in [-0.2, 0) is 19.1 Å². The second kappa shape index (κ2) is 11.5. The highest BCUT2D eigenvalue weighted by Gasteiger charge is 2.78. The van der Waals surface area contributed by atoms with E-state index in [0.29, 0.717) is 42.9 Å². The Morgan fingerprint density at radius 3 is 2.30 bits per heavy atom. The number of anilines is 1. The fraction of sp³-hybridized carbons (Fsp3) is 0.571. The van der Waals surface area contributed by atoms with Crippen LogP contribution in [0.15, 0.2) is 54.6 Å². The smallest absolute Gasteiger partial charge is 0.246 e. The normalized spacial score (nSPS) is 28.5. The van der Waals surface area contributed by atoms with E-state index in [0.717, 1.165) is 0 Å². The van der Waals surface area contributed by atoms with Crippen LogP contribution in [-0.4, -0.2) is 63.7 Å². The monoisotopic (exact) mass is 605 g/mol. The van der Waals surface area contributed by atoms with Crippen molar-refractivity contribution in [2.75, 3.05) is 18.5 Å². The summed E-state index contributed by atoms with van der Waals surface area (Å²) in [5.41, 5.74) is -1.48. The predicted octanol–water partition coefficient (Wildman–Crippen LogP) is 4.85. The molecule has 3 saturated heterocycles. The zero-order chi connectivity index (χ0) is 32.1. The van der Waals surface area contributed by atoms with Gasteiger partial charge in [0, 0.05) is 11.2 Å². The number of nitrogens with zero attached hydrogens (tertiary/aromatic N) is 1. The first-order chi connectivity index (χ1) is 20.6. The molecule has 44 heavy (non-hydrogen) atoms. The SMILES string of the molecule is CCOc1ccc(NC(=O)[C@H]2[C@H]3C(=O)N([C@H](CO)c4ccccc4)C(C(=O)NC(C)(C)CC(C)(C)C)C34CC[C@]2(C)O4)cc1. The lowest BCUT2D eigenvalue weighted by Crippen LogP contribution is -2.60. The molecule has 0 saturated carbocycles. The molecule has 1 spiro atoms. The summed E-state index contributed by atoms with van der Waals surface area (Å²) in [5.74, 6) is -2.03. The van der Waals surface area contributed by atoms with E-state index in [2.05, 4.69) is 31.4 Å². The molecule has 0 radical (unpaired) electrons. The summed E-state index contributed by atoms with van der Waals surface area (Å²) in [6, 6.07) is 14.5. The molecule has 3 amide bonds. The highest BCUT2D eigenvalue weighted by molar-refractivity contribution is 6.02. The number of hydrogen-bond acceptors (Lipinski definition) is 6. The number of hydrogen-bond donors (Lipinski definition) is 3. The van der Waals surface area contributed by atoms with Crippen LogP contribution in [0.3, 0.4) is 0 Å². The number of carbonyl (C=O) groups is 3. The molecular weight excluding hydrogens is 558 g/mol. The molecule has 2 unspecified atom stereocenters. The first kappa shape index (κ1) is 32.0. The molecule has 3 fully saturated rings. The molecule has 238 valence electrons. The Morgan fingerprint density at radius 2 is 1.70 bits per heavy atom. The van der Waals surface area contributed by atoms with Gasteiger partial charge in [-0.05, 0) is 82.2 Å². The summed E-state index contributed by atoms with van der Waals surface area (Å²) < 4.78 is 12.3. The molecule has 5 rings (SSSR count). The van der Waals surface area contributed by atoms with E-state index in [1.54, 1.807) is 24.3 Å². The van der Waals surface area contributed by atoms with Crippen molar-refractivity contribution >= 4 is 23.4 Å². The van der Waals surface area contributed by atoms with Gasteiger partial charge in [0.1, 0.15) is 17.4 Å². The molecule has 9 heteroatoms. The largest absolute Gasteiger partial charge is 0.494 e. The van der Waals surface area contributed by atoms with Gasteiger partial charge in [0.05, 0.1) is 36.7 Å². The van der Waals surface area contributed by atoms with Crippen molar-refractivity contribution in [3.05, 3.63) is 60.2 Å². The number of nitrogens with one attached hydrogen (secondary N) is 2. The molecule has 0 aromatic heterocycles. The maximum Gasteiger partial charge on any atom is 0.246 e. The summed E-state index contributed by atoms with van der Waals surface area (Å²) in [5, 5.41) is 16.9. The van der Waals surface area contributed by atoms with Gasteiger partial charge in [0.25, 0.3) is 0 Å². The van der Waals surface area contributed by atoms with Crippen molar-refractivity contribution in [1.29, 1.82) is 0 Å². The number of likely N-dealkylation sites (tertiary alicyclic amines) is 1. The molecule has 9 nitrogen and oxygen atoms in total. The Bertz CT molecular complexity index is 1390. The van der Waals surface area contributed by atoms with Crippen LogP contribution in [0.25, 0.3) is 0 Å². The minimum absolute atomic E-state index is 0.0553. The number of benzene rings is 2. The third kappa shape index (κ3) is 5.72. The summed E-state index contributed by atoms with van der Waals surface area (Å²) in [6.07, 6.45) is 1.68. The summed E-state index contributed by atoms with van der Waals surface area (Å²) in [4.78, 5) is 44.6. The zero-order valence-electron chi connectivity index (χ0n) is 27.0. The summed E-state index contributed by atoms with van der Waals surface area (Å²) >= 11 is 0. The predicted molar refractivity (Wildman–Crippen MR) is 168 cm³/mol. The first-order valence-electron chi connectivity index (χ1n) is 15.7. The van der Waals surface area contributed by atoms with E-state index in [-0.39, 0.29) is 29.7 Å². The minimum Gasteiger partial charge on any atom is -0.494 e. The fourth-order valence-corrected chi connectivity index (χ4v) is 8.22. The average Bonchev–Trinajstić information content (AvgIpc) is 3.50. The number of ether oxygens (including phenoxy) is 2. The first-order valence-corrected chi connectivity index (χ1v) is 15.7. The summed E-state index contributed by atoms with van der Waals surface area (Å²) in [6.45, 7) is 14.3. The second-order valence-corrected chi connectivity index (χ2v) is 14.6. The van der Waals surface area contributed by atoms with Crippen molar-refractivity contribution in [2.45, 2.75) is 96.6 Å². The van der Waals surface area contributed by atoms with Gasteiger partial charge in [-0.25, -0.2) is 0 Å². The van der Waals surface area contributed by atoms with Gasteiger partial charge in [-0.2, -0.15) is 0 Å². The quantitative estimate of drug-likeness (QED) is 0.357. The average molecular weight is 606 g/mol. The number of aliphatic hydroxyl groups excluding tert-OH is 1. The zero-order valence-corrected chi connectivity index (χ0v) is 27.0. The highest BCUT2D eigenvalue weighted by atomic mass is 16.5. The van der Waals surface area contributed by atoms with Gasteiger partial charge in [-0.3, -0.25) is 14.4 Å². The standard InChI is InChI=1S/C35H47N3O6/c1-8-43-24-16-14-23(15-17-24)36-29(40)26-27-31(42)38(25(20-39)22-12-10-9-11-13-22)28(35(27)19-18-34(26,7)44-35)30(41)37-33(5,6)21-32(2,3)4/h9-17,25-28,39H,8,18-21H2,1-7H3,(H,36,40)(H,37,41)/t25-,26-,27+,28?,34+,35?/m1/s1. The van der Waals surface area contributed by atoms with Gasteiger partial charge in [-0.15, -0.1) is 0 Å². The van der Waals surface area contributed by atoms with Crippen LogP contribution in [0.5, 0.6) is 5.75 Å². The molecule has 2 bridgehead atoms. The third-order valence-electron chi connectivity index (χ3n) is 9.31.